The summed E-state index contributed by atoms with van der Waals surface area (Å²) in [5.41, 5.74) is 0. The van der Waals surface area contributed by atoms with Crippen molar-refractivity contribution in [3.8, 4) is 0 Å². The molecule has 80 valence electrons. The monoisotopic (exact) mass is 216 g/mol. The van der Waals surface area contributed by atoms with Gasteiger partial charge in [0.2, 0.25) is 5.91 Å². The van der Waals surface area contributed by atoms with E-state index in [0.717, 1.165) is 25.9 Å². The van der Waals surface area contributed by atoms with Gasteiger partial charge in [0.1, 0.15) is 5.75 Å². The molecule has 1 N–H and O–H groups in total. The van der Waals surface area contributed by atoms with Gasteiger partial charge in [-0.1, -0.05) is 0 Å². The second-order valence-electron chi connectivity index (χ2n) is 4.04. The quantitative estimate of drug-likeness (QED) is 0.678. The zero-order valence-corrected chi connectivity index (χ0v) is 9.18. The van der Waals surface area contributed by atoms with Crippen molar-refractivity contribution >= 4 is 16.7 Å². The molecule has 1 saturated carbocycles. The van der Waals surface area contributed by atoms with E-state index < -0.39 is 10.8 Å². The van der Waals surface area contributed by atoms with Gasteiger partial charge in [-0.2, -0.15) is 0 Å². The van der Waals surface area contributed by atoms with Crippen LogP contribution < -0.4 is 5.32 Å². The Kier molecular flexibility index (Phi) is 2.88. The van der Waals surface area contributed by atoms with Gasteiger partial charge in [-0.15, -0.1) is 0 Å². The SMILES string of the molecule is CN(C(=O)CS(=O)C1CC1)C1CNC1. The van der Waals surface area contributed by atoms with E-state index in [-0.39, 0.29) is 11.7 Å². The lowest BCUT2D eigenvalue weighted by molar-refractivity contribution is -0.130. The molecule has 1 aliphatic carbocycles. The van der Waals surface area contributed by atoms with Crippen LogP contribution in [-0.4, -0.2) is 52.2 Å². The van der Waals surface area contributed by atoms with Crippen molar-refractivity contribution in [3.05, 3.63) is 0 Å². The lowest BCUT2D eigenvalue weighted by Gasteiger charge is -2.35. The second-order valence-corrected chi connectivity index (χ2v) is 5.76. The minimum atomic E-state index is -0.917. The average Bonchev–Trinajstić information content (AvgIpc) is 2.82. The van der Waals surface area contributed by atoms with Gasteiger partial charge in [-0.05, 0) is 12.8 Å². The Morgan fingerprint density at radius 3 is 2.57 bits per heavy atom. The van der Waals surface area contributed by atoms with Crippen molar-refractivity contribution in [1.29, 1.82) is 0 Å². The number of carbonyl (C=O) groups is 1. The first-order chi connectivity index (χ1) is 6.68. The molecular weight excluding hydrogens is 200 g/mol. The lowest BCUT2D eigenvalue weighted by atomic mass is 10.1. The Labute approximate surface area is 86.5 Å². The molecule has 2 fully saturated rings. The Balaban J connectivity index is 1.78. The Morgan fingerprint density at radius 1 is 1.50 bits per heavy atom. The molecule has 1 unspecified atom stereocenters. The third-order valence-electron chi connectivity index (χ3n) is 2.86. The maximum atomic E-state index is 11.6. The molecular formula is C9H16N2O2S. The maximum Gasteiger partial charge on any atom is 0.235 e. The van der Waals surface area contributed by atoms with Gasteiger partial charge in [-0.3, -0.25) is 9.00 Å². The predicted molar refractivity (Wildman–Crippen MR) is 55.5 cm³/mol. The summed E-state index contributed by atoms with van der Waals surface area (Å²) in [6, 6.07) is 0.318. The van der Waals surface area contributed by atoms with Crippen LogP contribution in [0.4, 0.5) is 0 Å². The Bertz CT molecular complexity index is 262. The fraction of sp³-hybridized carbons (Fsp3) is 0.889. The van der Waals surface area contributed by atoms with Crippen LogP contribution in [0.1, 0.15) is 12.8 Å². The second kappa shape index (κ2) is 3.98. The van der Waals surface area contributed by atoms with Gasteiger partial charge >= 0.3 is 0 Å². The number of carbonyl (C=O) groups excluding carboxylic acids is 1. The van der Waals surface area contributed by atoms with Gasteiger partial charge in [0.25, 0.3) is 0 Å². The van der Waals surface area contributed by atoms with Crippen molar-refractivity contribution < 1.29 is 9.00 Å². The highest BCUT2D eigenvalue weighted by atomic mass is 32.2. The zero-order valence-electron chi connectivity index (χ0n) is 8.36. The van der Waals surface area contributed by atoms with Crippen LogP contribution in [0, 0.1) is 0 Å². The summed E-state index contributed by atoms with van der Waals surface area (Å²) in [6.45, 7) is 1.75. The van der Waals surface area contributed by atoms with Crippen molar-refractivity contribution in [2.75, 3.05) is 25.9 Å². The number of nitrogens with zero attached hydrogens (tertiary/aromatic N) is 1. The fourth-order valence-corrected chi connectivity index (χ4v) is 2.77. The largest absolute Gasteiger partial charge is 0.339 e. The van der Waals surface area contributed by atoms with E-state index in [1.807, 2.05) is 0 Å². The lowest BCUT2D eigenvalue weighted by Crippen LogP contribution is -2.58. The summed E-state index contributed by atoms with van der Waals surface area (Å²) in [4.78, 5) is 13.4. The zero-order chi connectivity index (χ0) is 10.1. The average molecular weight is 216 g/mol. The fourth-order valence-electron chi connectivity index (χ4n) is 1.42. The first-order valence-corrected chi connectivity index (χ1v) is 6.40. The van der Waals surface area contributed by atoms with Gasteiger partial charge < -0.3 is 10.2 Å². The van der Waals surface area contributed by atoms with Gasteiger partial charge in [-0.25, -0.2) is 0 Å². The predicted octanol–water partition coefficient (Wildman–Crippen LogP) is -0.672. The highest BCUT2D eigenvalue weighted by molar-refractivity contribution is 7.86. The van der Waals surface area contributed by atoms with Crippen LogP contribution >= 0.6 is 0 Å². The van der Waals surface area contributed by atoms with E-state index in [9.17, 15) is 9.00 Å². The van der Waals surface area contributed by atoms with E-state index in [4.69, 9.17) is 0 Å². The Morgan fingerprint density at radius 2 is 2.14 bits per heavy atom. The van der Waals surface area contributed by atoms with Crippen molar-refractivity contribution in [1.82, 2.24) is 10.2 Å². The van der Waals surface area contributed by atoms with E-state index in [1.54, 1.807) is 11.9 Å². The molecule has 2 rings (SSSR count). The number of nitrogens with one attached hydrogen (secondary N) is 1. The normalized spacial score (nSPS) is 24.1. The number of amides is 1. The summed E-state index contributed by atoms with van der Waals surface area (Å²) in [6.07, 6.45) is 2.07. The van der Waals surface area contributed by atoms with E-state index in [2.05, 4.69) is 5.32 Å². The van der Waals surface area contributed by atoms with Crippen molar-refractivity contribution in [2.24, 2.45) is 0 Å². The molecule has 2 aliphatic rings. The molecule has 1 aliphatic heterocycles. The summed E-state index contributed by atoms with van der Waals surface area (Å²) in [5.74, 6) is 0.249. The molecule has 0 aromatic heterocycles. The number of likely N-dealkylation sites (N-methyl/N-ethyl adjacent to an activating group) is 1. The molecule has 0 radical (unpaired) electrons. The smallest absolute Gasteiger partial charge is 0.235 e. The summed E-state index contributed by atoms with van der Waals surface area (Å²) < 4.78 is 11.5. The standard InChI is InChI=1S/C9H16N2O2S/c1-11(7-4-10-5-7)9(12)6-14(13)8-2-3-8/h7-8,10H,2-6H2,1H3. The van der Waals surface area contributed by atoms with Crippen LogP contribution in [-0.2, 0) is 15.6 Å². The third kappa shape index (κ3) is 2.15. The van der Waals surface area contributed by atoms with Crippen LogP contribution in [0.15, 0.2) is 0 Å². The molecule has 0 aromatic rings. The van der Waals surface area contributed by atoms with Crippen molar-refractivity contribution in [2.45, 2.75) is 24.1 Å². The van der Waals surface area contributed by atoms with Crippen molar-refractivity contribution in [3.63, 3.8) is 0 Å². The van der Waals surface area contributed by atoms with Crippen LogP contribution in [0.25, 0.3) is 0 Å². The highest BCUT2D eigenvalue weighted by Gasteiger charge is 2.32. The first kappa shape index (κ1) is 10.1. The maximum absolute atomic E-state index is 11.6. The third-order valence-corrected chi connectivity index (χ3v) is 4.61. The minimum Gasteiger partial charge on any atom is -0.339 e. The summed E-state index contributed by atoms with van der Waals surface area (Å²) in [5, 5.41) is 3.43. The molecule has 14 heavy (non-hydrogen) atoms. The molecule has 1 heterocycles. The van der Waals surface area contributed by atoms with E-state index >= 15 is 0 Å². The molecule has 1 amide bonds. The molecule has 1 saturated heterocycles. The summed E-state index contributed by atoms with van der Waals surface area (Å²) in [7, 11) is 0.886. The summed E-state index contributed by atoms with van der Waals surface area (Å²) >= 11 is 0. The molecule has 0 spiro atoms. The molecule has 1 atom stereocenters. The van der Waals surface area contributed by atoms with E-state index in [0.29, 0.717) is 11.3 Å². The topological polar surface area (TPSA) is 49.4 Å². The molecule has 4 nitrogen and oxygen atoms in total. The van der Waals surface area contributed by atoms with Crippen LogP contribution in [0.5, 0.6) is 0 Å². The van der Waals surface area contributed by atoms with Gasteiger partial charge in [0.05, 0.1) is 6.04 Å². The van der Waals surface area contributed by atoms with Gasteiger partial charge in [0, 0.05) is 36.2 Å². The van der Waals surface area contributed by atoms with E-state index in [1.165, 1.54) is 0 Å². The molecule has 5 heteroatoms. The Hall–Kier alpha value is -0.420. The molecule has 0 aromatic carbocycles. The van der Waals surface area contributed by atoms with Crippen LogP contribution in [0.3, 0.4) is 0 Å². The van der Waals surface area contributed by atoms with Crippen LogP contribution in [0.2, 0.25) is 0 Å². The number of hydrogen-bond donors (Lipinski definition) is 1. The number of hydrogen-bond acceptors (Lipinski definition) is 3. The van der Waals surface area contributed by atoms with Gasteiger partial charge in [0.15, 0.2) is 0 Å². The molecule has 0 bridgehead atoms. The highest BCUT2D eigenvalue weighted by Crippen LogP contribution is 2.26. The number of rotatable bonds is 4. The first-order valence-electron chi connectivity index (χ1n) is 5.02. The minimum absolute atomic E-state index is 0.0294.